The molecule has 0 aromatic heterocycles. The molecule has 5 amide bonds. The fourth-order valence-electron chi connectivity index (χ4n) is 2.48. The standard InChI is InChI=1S/C18H32N6O7/c1-4-8(2)14(18(30)31)24-15(27)9(3)22-17(29)11(5-6-12(20)25)23-16(28)10(19)7-13(21)26/h8-11,14H,4-7,19H2,1-3H3,(H2,20,25)(H2,21,26)(H,22,29)(H,23,28)(H,24,27)(H,30,31). The third kappa shape index (κ3) is 10.4. The number of aliphatic carboxylic acids is 1. The zero-order chi connectivity index (χ0) is 24.3. The number of hydrogen-bond acceptors (Lipinski definition) is 7. The molecule has 13 heteroatoms. The molecule has 5 atom stereocenters. The monoisotopic (exact) mass is 444 g/mol. The number of amides is 5. The van der Waals surface area contributed by atoms with Gasteiger partial charge in [-0.3, -0.25) is 24.0 Å². The summed E-state index contributed by atoms with van der Waals surface area (Å²) in [4.78, 5) is 70.3. The van der Waals surface area contributed by atoms with E-state index in [2.05, 4.69) is 16.0 Å². The van der Waals surface area contributed by atoms with Crippen LogP contribution >= 0.6 is 0 Å². The van der Waals surface area contributed by atoms with Gasteiger partial charge in [-0.05, 0) is 19.3 Å². The van der Waals surface area contributed by atoms with E-state index in [1.165, 1.54) is 6.92 Å². The van der Waals surface area contributed by atoms with Gasteiger partial charge >= 0.3 is 5.97 Å². The summed E-state index contributed by atoms with van der Waals surface area (Å²) in [5.74, 6) is -5.53. The molecule has 0 bridgehead atoms. The van der Waals surface area contributed by atoms with Gasteiger partial charge in [-0.15, -0.1) is 0 Å². The molecule has 0 aromatic rings. The van der Waals surface area contributed by atoms with Crippen molar-refractivity contribution in [1.82, 2.24) is 16.0 Å². The van der Waals surface area contributed by atoms with Crippen LogP contribution in [0.5, 0.6) is 0 Å². The smallest absolute Gasteiger partial charge is 0.326 e. The number of carbonyl (C=O) groups excluding carboxylic acids is 5. The number of nitrogens with two attached hydrogens (primary N) is 3. The predicted octanol–water partition coefficient (Wildman–Crippen LogP) is -2.94. The highest BCUT2D eigenvalue weighted by molar-refractivity contribution is 5.95. The lowest BCUT2D eigenvalue weighted by Crippen LogP contribution is -2.57. The molecule has 31 heavy (non-hydrogen) atoms. The highest BCUT2D eigenvalue weighted by Crippen LogP contribution is 2.08. The summed E-state index contributed by atoms with van der Waals surface area (Å²) < 4.78 is 0. The summed E-state index contributed by atoms with van der Waals surface area (Å²) in [6.07, 6.45) is -0.389. The maximum absolute atomic E-state index is 12.6. The van der Waals surface area contributed by atoms with E-state index in [1.807, 2.05) is 0 Å². The lowest BCUT2D eigenvalue weighted by Gasteiger charge is -2.24. The van der Waals surface area contributed by atoms with Crippen LogP contribution < -0.4 is 33.2 Å². The summed E-state index contributed by atoms with van der Waals surface area (Å²) in [6, 6.07) is -4.88. The van der Waals surface area contributed by atoms with Gasteiger partial charge in [0.05, 0.1) is 12.5 Å². The van der Waals surface area contributed by atoms with Crippen LogP contribution in [0.3, 0.4) is 0 Å². The van der Waals surface area contributed by atoms with E-state index in [9.17, 15) is 33.9 Å². The molecule has 0 heterocycles. The summed E-state index contributed by atoms with van der Waals surface area (Å²) in [5, 5.41) is 16.3. The average Bonchev–Trinajstić information content (AvgIpc) is 2.66. The van der Waals surface area contributed by atoms with E-state index in [0.717, 1.165) is 0 Å². The Bertz CT molecular complexity index is 699. The largest absolute Gasteiger partial charge is 0.480 e. The minimum atomic E-state index is -1.31. The van der Waals surface area contributed by atoms with Crippen molar-refractivity contribution in [2.45, 2.75) is 70.6 Å². The van der Waals surface area contributed by atoms with E-state index in [4.69, 9.17) is 17.2 Å². The van der Waals surface area contributed by atoms with E-state index < -0.39 is 66.1 Å². The maximum atomic E-state index is 12.6. The quantitative estimate of drug-likeness (QED) is 0.146. The number of hydrogen-bond donors (Lipinski definition) is 7. The number of carbonyl (C=O) groups is 6. The van der Waals surface area contributed by atoms with Crippen molar-refractivity contribution < 1.29 is 33.9 Å². The molecule has 0 aliphatic heterocycles. The third-order valence-corrected chi connectivity index (χ3v) is 4.60. The van der Waals surface area contributed by atoms with Crippen LogP contribution in [0.25, 0.3) is 0 Å². The number of carboxylic acids is 1. The fraction of sp³-hybridized carbons (Fsp3) is 0.667. The minimum Gasteiger partial charge on any atom is -0.480 e. The molecule has 176 valence electrons. The van der Waals surface area contributed by atoms with Gasteiger partial charge in [0.25, 0.3) is 0 Å². The van der Waals surface area contributed by atoms with Crippen molar-refractivity contribution >= 4 is 35.5 Å². The Hall–Kier alpha value is -3.22. The molecule has 13 nitrogen and oxygen atoms in total. The zero-order valence-electron chi connectivity index (χ0n) is 17.8. The summed E-state index contributed by atoms with van der Waals surface area (Å²) in [6.45, 7) is 4.76. The molecular formula is C18H32N6O7. The second kappa shape index (κ2) is 13.2. The number of nitrogens with one attached hydrogen (secondary N) is 3. The van der Waals surface area contributed by atoms with Gasteiger partial charge in [-0.2, -0.15) is 0 Å². The molecule has 5 unspecified atom stereocenters. The Morgan fingerprint density at radius 2 is 1.45 bits per heavy atom. The van der Waals surface area contributed by atoms with E-state index >= 15 is 0 Å². The number of carboxylic acid groups (broad SMARTS) is 1. The highest BCUT2D eigenvalue weighted by atomic mass is 16.4. The second-order valence-corrected chi connectivity index (χ2v) is 7.28. The van der Waals surface area contributed by atoms with Crippen LogP contribution in [0.4, 0.5) is 0 Å². The predicted molar refractivity (Wildman–Crippen MR) is 109 cm³/mol. The van der Waals surface area contributed by atoms with Gasteiger partial charge in [-0.25, -0.2) is 4.79 Å². The molecule has 0 saturated carbocycles. The van der Waals surface area contributed by atoms with Crippen molar-refractivity contribution in [3.05, 3.63) is 0 Å². The Balaban J connectivity index is 5.19. The van der Waals surface area contributed by atoms with Gasteiger partial charge in [0.15, 0.2) is 0 Å². The Morgan fingerprint density at radius 3 is 1.90 bits per heavy atom. The van der Waals surface area contributed by atoms with Gasteiger partial charge in [-0.1, -0.05) is 20.3 Å². The lowest BCUT2D eigenvalue weighted by molar-refractivity contribution is -0.143. The van der Waals surface area contributed by atoms with Crippen molar-refractivity contribution in [2.75, 3.05) is 0 Å². The van der Waals surface area contributed by atoms with Crippen molar-refractivity contribution in [3.63, 3.8) is 0 Å². The molecule has 0 aromatic carbocycles. The average molecular weight is 444 g/mol. The molecule has 0 aliphatic carbocycles. The van der Waals surface area contributed by atoms with Gasteiger partial charge in [0, 0.05) is 6.42 Å². The van der Waals surface area contributed by atoms with Crippen LogP contribution in [0, 0.1) is 5.92 Å². The Morgan fingerprint density at radius 1 is 0.871 bits per heavy atom. The lowest BCUT2D eigenvalue weighted by atomic mass is 9.99. The zero-order valence-corrected chi connectivity index (χ0v) is 17.8. The molecule has 0 spiro atoms. The van der Waals surface area contributed by atoms with Crippen molar-refractivity contribution in [1.29, 1.82) is 0 Å². The molecule has 0 aliphatic rings. The molecular weight excluding hydrogens is 412 g/mol. The summed E-state index contributed by atoms with van der Waals surface area (Å²) in [7, 11) is 0. The summed E-state index contributed by atoms with van der Waals surface area (Å²) >= 11 is 0. The number of primary amides is 2. The van der Waals surface area contributed by atoms with Crippen LogP contribution in [-0.2, 0) is 28.8 Å². The van der Waals surface area contributed by atoms with E-state index in [0.29, 0.717) is 6.42 Å². The molecule has 0 saturated heterocycles. The van der Waals surface area contributed by atoms with E-state index in [-0.39, 0.29) is 18.8 Å². The van der Waals surface area contributed by atoms with Crippen LogP contribution in [-0.4, -0.2) is 64.8 Å². The second-order valence-electron chi connectivity index (χ2n) is 7.28. The van der Waals surface area contributed by atoms with Gasteiger partial charge in [0.1, 0.15) is 18.1 Å². The van der Waals surface area contributed by atoms with Crippen LogP contribution in [0.2, 0.25) is 0 Å². The first-order chi connectivity index (χ1) is 14.3. The topological polar surface area (TPSA) is 237 Å². The molecule has 10 N–H and O–H groups in total. The van der Waals surface area contributed by atoms with Gasteiger partial charge in [0.2, 0.25) is 29.5 Å². The van der Waals surface area contributed by atoms with Crippen LogP contribution in [0.15, 0.2) is 0 Å². The molecule has 0 radical (unpaired) electrons. The Labute approximate surface area is 179 Å². The minimum absolute atomic E-state index is 0.185. The first-order valence-electron chi connectivity index (χ1n) is 9.76. The highest BCUT2D eigenvalue weighted by Gasteiger charge is 2.30. The van der Waals surface area contributed by atoms with Crippen LogP contribution in [0.1, 0.15) is 46.5 Å². The summed E-state index contributed by atoms with van der Waals surface area (Å²) in [5.41, 5.74) is 15.6. The third-order valence-electron chi connectivity index (χ3n) is 4.60. The van der Waals surface area contributed by atoms with Crippen molar-refractivity contribution in [3.8, 4) is 0 Å². The van der Waals surface area contributed by atoms with Crippen molar-refractivity contribution in [2.24, 2.45) is 23.1 Å². The van der Waals surface area contributed by atoms with Gasteiger partial charge < -0.3 is 38.3 Å². The maximum Gasteiger partial charge on any atom is 0.326 e. The first-order valence-corrected chi connectivity index (χ1v) is 9.76. The molecule has 0 fully saturated rings. The SMILES string of the molecule is CCC(C)C(NC(=O)C(C)NC(=O)C(CCC(N)=O)NC(=O)C(N)CC(N)=O)C(=O)O. The van der Waals surface area contributed by atoms with E-state index in [1.54, 1.807) is 13.8 Å². The fourth-order valence-corrected chi connectivity index (χ4v) is 2.48. The number of rotatable bonds is 14. The Kier molecular flexibility index (Phi) is 11.8. The molecule has 0 rings (SSSR count). The first kappa shape index (κ1) is 27.8. The normalized spacial score (nSPS) is 15.5.